The van der Waals surface area contributed by atoms with Crippen LogP contribution in [0.4, 0.5) is 5.95 Å². The summed E-state index contributed by atoms with van der Waals surface area (Å²) in [6, 6.07) is 3.27. The van der Waals surface area contributed by atoms with E-state index in [1.165, 1.54) is 7.11 Å². The van der Waals surface area contributed by atoms with Crippen molar-refractivity contribution >= 4 is 23.0 Å². The van der Waals surface area contributed by atoms with Gasteiger partial charge in [0.15, 0.2) is 5.65 Å². The minimum atomic E-state index is -0.397. The second-order valence-electron chi connectivity index (χ2n) is 4.06. The van der Waals surface area contributed by atoms with E-state index in [0.717, 1.165) is 0 Å². The predicted octanol–water partition coefficient (Wildman–Crippen LogP) is 0.458. The first-order valence-electron chi connectivity index (χ1n) is 5.49. The molecular formula is C11H15N5O2. The monoisotopic (exact) mass is 249 g/mol. The van der Waals surface area contributed by atoms with Gasteiger partial charge < -0.3 is 16.2 Å². The van der Waals surface area contributed by atoms with E-state index in [-0.39, 0.29) is 12.5 Å². The van der Waals surface area contributed by atoms with Gasteiger partial charge >= 0.3 is 0 Å². The van der Waals surface area contributed by atoms with E-state index in [0.29, 0.717) is 23.0 Å². The van der Waals surface area contributed by atoms with Crippen LogP contribution in [0.1, 0.15) is 19.4 Å². The highest BCUT2D eigenvalue weighted by Crippen LogP contribution is 2.24. The molecule has 0 aromatic carbocycles. The number of nitrogens with zero attached hydrogens (tertiary/aromatic N) is 3. The first-order chi connectivity index (χ1) is 8.52. The molecular weight excluding hydrogens is 234 g/mol. The van der Waals surface area contributed by atoms with Crippen LogP contribution in [-0.4, -0.2) is 27.6 Å². The van der Waals surface area contributed by atoms with E-state index >= 15 is 0 Å². The first-order valence-corrected chi connectivity index (χ1v) is 5.49. The number of rotatable bonds is 4. The third kappa shape index (κ3) is 2.06. The summed E-state index contributed by atoms with van der Waals surface area (Å²) in [4.78, 5) is 19.5. The minimum Gasteiger partial charge on any atom is -0.481 e. The summed E-state index contributed by atoms with van der Waals surface area (Å²) in [5.41, 5.74) is 12.3. The van der Waals surface area contributed by atoms with Gasteiger partial charge in [0.2, 0.25) is 17.7 Å². The maximum Gasteiger partial charge on any atom is 0.219 e. The Labute approximate surface area is 104 Å². The van der Waals surface area contributed by atoms with Crippen LogP contribution in [0.15, 0.2) is 12.1 Å². The van der Waals surface area contributed by atoms with Crippen LogP contribution >= 0.6 is 0 Å². The number of nitrogens with two attached hydrogens (primary N) is 2. The number of imidazole rings is 1. The van der Waals surface area contributed by atoms with E-state index in [2.05, 4.69) is 9.97 Å². The van der Waals surface area contributed by atoms with Gasteiger partial charge in [0.1, 0.15) is 5.52 Å². The van der Waals surface area contributed by atoms with Gasteiger partial charge in [0.25, 0.3) is 0 Å². The second kappa shape index (κ2) is 4.52. The lowest BCUT2D eigenvalue weighted by atomic mass is 10.2. The topological polar surface area (TPSA) is 109 Å². The molecule has 1 atom stereocenters. The van der Waals surface area contributed by atoms with Crippen molar-refractivity contribution in [1.82, 2.24) is 14.5 Å². The molecule has 0 bridgehead atoms. The Morgan fingerprint density at radius 3 is 2.83 bits per heavy atom. The van der Waals surface area contributed by atoms with Crippen molar-refractivity contribution in [3.05, 3.63) is 12.1 Å². The molecule has 2 aromatic rings. The molecule has 18 heavy (non-hydrogen) atoms. The number of fused-ring (bicyclic) bond motifs is 1. The molecule has 2 rings (SSSR count). The van der Waals surface area contributed by atoms with Crippen LogP contribution in [0.2, 0.25) is 0 Å². The predicted molar refractivity (Wildman–Crippen MR) is 67.0 cm³/mol. The van der Waals surface area contributed by atoms with Crippen molar-refractivity contribution in [2.24, 2.45) is 5.73 Å². The lowest BCUT2D eigenvalue weighted by Crippen LogP contribution is -2.18. The van der Waals surface area contributed by atoms with E-state index in [1.807, 2.05) is 6.92 Å². The van der Waals surface area contributed by atoms with Crippen LogP contribution in [0, 0.1) is 0 Å². The van der Waals surface area contributed by atoms with Gasteiger partial charge in [0.05, 0.1) is 7.11 Å². The Morgan fingerprint density at radius 2 is 2.22 bits per heavy atom. The Bertz CT molecular complexity index is 592. The number of primary amides is 1. The molecule has 1 unspecified atom stereocenters. The number of methoxy groups -OCH3 is 1. The quantitative estimate of drug-likeness (QED) is 0.818. The summed E-state index contributed by atoms with van der Waals surface area (Å²) in [5, 5.41) is 0. The van der Waals surface area contributed by atoms with Gasteiger partial charge in [0, 0.05) is 18.5 Å². The third-order valence-electron chi connectivity index (χ3n) is 2.69. The van der Waals surface area contributed by atoms with Crippen molar-refractivity contribution in [2.75, 3.05) is 12.8 Å². The number of pyridine rings is 1. The summed E-state index contributed by atoms with van der Waals surface area (Å²) in [5.74, 6) is 0.376. The normalized spacial score (nSPS) is 12.6. The summed E-state index contributed by atoms with van der Waals surface area (Å²) in [6.45, 7) is 1.84. The number of anilines is 1. The molecule has 0 radical (unpaired) electrons. The number of nitrogen functional groups attached to an aromatic ring is 1. The molecule has 0 aliphatic carbocycles. The highest BCUT2D eigenvalue weighted by atomic mass is 16.5. The van der Waals surface area contributed by atoms with Gasteiger partial charge in [-0.15, -0.1) is 0 Å². The van der Waals surface area contributed by atoms with E-state index in [4.69, 9.17) is 16.2 Å². The fourth-order valence-electron chi connectivity index (χ4n) is 1.90. The number of hydrogen-bond acceptors (Lipinski definition) is 5. The molecule has 0 saturated carbocycles. The Kier molecular flexibility index (Phi) is 3.05. The fourth-order valence-corrected chi connectivity index (χ4v) is 1.90. The lowest BCUT2D eigenvalue weighted by molar-refractivity contribution is -0.118. The smallest absolute Gasteiger partial charge is 0.219 e. The summed E-state index contributed by atoms with van der Waals surface area (Å²) < 4.78 is 6.75. The van der Waals surface area contributed by atoms with Crippen molar-refractivity contribution in [3.63, 3.8) is 0 Å². The number of amides is 1. The highest BCUT2D eigenvalue weighted by molar-refractivity contribution is 5.77. The van der Waals surface area contributed by atoms with Crippen molar-refractivity contribution < 1.29 is 9.53 Å². The molecule has 0 aliphatic heterocycles. The lowest BCUT2D eigenvalue weighted by Gasteiger charge is -2.13. The van der Waals surface area contributed by atoms with Crippen LogP contribution in [0.25, 0.3) is 11.2 Å². The van der Waals surface area contributed by atoms with Crippen LogP contribution in [0.3, 0.4) is 0 Å². The zero-order valence-corrected chi connectivity index (χ0v) is 10.3. The van der Waals surface area contributed by atoms with Crippen LogP contribution < -0.4 is 16.2 Å². The van der Waals surface area contributed by atoms with Crippen LogP contribution in [0.5, 0.6) is 5.88 Å². The van der Waals surface area contributed by atoms with Gasteiger partial charge in [-0.25, -0.2) is 4.98 Å². The van der Waals surface area contributed by atoms with Crippen LogP contribution in [-0.2, 0) is 4.79 Å². The van der Waals surface area contributed by atoms with E-state index in [9.17, 15) is 4.79 Å². The largest absolute Gasteiger partial charge is 0.481 e. The van der Waals surface area contributed by atoms with Crippen molar-refractivity contribution in [1.29, 1.82) is 0 Å². The number of ether oxygens (including phenoxy) is 1. The van der Waals surface area contributed by atoms with Gasteiger partial charge in [-0.2, -0.15) is 4.98 Å². The summed E-state index contributed by atoms with van der Waals surface area (Å²) >= 11 is 0. The number of carbonyl (C=O) groups excluding carboxylic acids is 1. The Morgan fingerprint density at radius 1 is 1.50 bits per heavy atom. The van der Waals surface area contributed by atoms with E-state index in [1.54, 1.807) is 16.7 Å². The number of hydrogen-bond donors (Lipinski definition) is 2. The number of aromatic nitrogens is 3. The fraction of sp³-hybridized carbons (Fsp3) is 0.364. The zero-order valence-electron chi connectivity index (χ0n) is 10.3. The van der Waals surface area contributed by atoms with Crippen molar-refractivity contribution in [3.8, 4) is 5.88 Å². The Balaban J connectivity index is 2.53. The molecule has 2 aromatic heterocycles. The maximum absolute atomic E-state index is 11.0. The summed E-state index contributed by atoms with van der Waals surface area (Å²) in [7, 11) is 1.53. The minimum absolute atomic E-state index is 0.175. The molecule has 96 valence electrons. The average molecular weight is 249 g/mol. The average Bonchev–Trinajstić information content (AvgIpc) is 2.62. The van der Waals surface area contributed by atoms with Gasteiger partial charge in [-0.1, -0.05) is 0 Å². The second-order valence-corrected chi connectivity index (χ2v) is 4.06. The number of carbonyl (C=O) groups is 1. The Hall–Kier alpha value is -2.31. The molecule has 0 spiro atoms. The molecule has 4 N–H and O–H groups in total. The van der Waals surface area contributed by atoms with E-state index < -0.39 is 5.91 Å². The molecule has 0 aliphatic rings. The van der Waals surface area contributed by atoms with Gasteiger partial charge in [-0.05, 0) is 13.0 Å². The van der Waals surface area contributed by atoms with Gasteiger partial charge in [-0.3, -0.25) is 9.36 Å². The molecule has 0 fully saturated rings. The molecule has 7 nitrogen and oxygen atoms in total. The molecule has 1 amide bonds. The maximum atomic E-state index is 11.0. The molecule has 7 heteroatoms. The SMILES string of the molecule is COc1ccc2nc(N)n(C(C)CC(N)=O)c2n1. The highest BCUT2D eigenvalue weighted by Gasteiger charge is 2.17. The van der Waals surface area contributed by atoms with Crippen molar-refractivity contribution in [2.45, 2.75) is 19.4 Å². The standard InChI is InChI=1S/C11H15N5O2/c1-6(5-8(12)17)16-10-7(14-11(16)13)3-4-9(15-10)18-2/h3-4,6H,5H2,1-2H3,(H2,12,17)(H2,13,14). The molecule has 2 heterocycles. The zero-order chi connectivity index (χ0) is 13.3. The summed E-state index contributed by atoms with van der Waals surface area (Å²) in [6.07, 6.45) is 0.175. The first kappa shape index (κ1) is 12.2. The third-order valence-corrected chi connectivity index (χ3v) is 2.69. The molecule has 0 saturated heterocycles.